The number of carboxylic acids is 2. The molecule has 1 aromatic rings. The van der Waals surface area contributed by atoms with Crippen LogP contribution >= 0.6 is 0 Å². The summed E-state index contributed by atoms with van der Waals surface area (Å²) in [6.07, 6.45) is -15.7. The summed E-state index contributed by atoms with van der Waals surface area (Å²) >= 11 is 0. The van der Waals surface area contributed by atoms with Gasteiger partial charge in [-0.25, -0.2) is 9.59 Å². The van der Waals surface area contributed by atoms with Gasteiger partial charge in [-0.15, -0.1) is 0 Å². The molecule has 0 saturated heterocycles. The zero-order chi connectivity index (χ0) is 17.3. The number of alkyl halides is 6. The summed E-state index contributed by atoms with van der Waals surface area (Å²) < 4.78 is 77.6. The Morgan fingerprint density at radius 2 is 1.36 bits per heavy atom. The van der Waals surface area contributed by atoms with E-state index < -0.39 is 47.3 Å². The van der Waals surface area contributed by atoms with Gasteiger partial charge in [0, 0.05) is 0 Å². The van der Waals surface area contributed by atoms with Gasteiger partial charge in [0.05, 0.1) is 11.1 Å². The molecule has 1 aromatic carbocycles. The highest BCUT2D eigenvalue weighted by molar-refractivity contribution is 6.01. The van der Waals surface area contributed by atoms with Crippen molar-refractivity contribution in [3.05, 3.63) is 29.3 Å². The van der Waals surface area contributed by atoms with Crippen LogP contribution in [0.4, 0.5) is 26.3 Å². The number of carbonyl (C=O) groups is 2. The fourth-order valence-electron chi connectivity index (χ4n) is 1.42. The lowest BCUT2D eigenvalue weighted by atomic mass is 10.1. The van der Waals surface area contributed by atoms with E-state index in [1.165, 1.54) is 0 Å². The summed E-state index contributed by atoms with van der Waals surface area (Å²) in [4.78, 5) is 21.5. The molecule has 0 aliphatic carbocycles. The van der Waals surface area contributed by atoms with E-state index >= 15 is 0 Å². The van der Waals surface area contributed by atoms with E-state index in [0.29, 0.717) is 12.1 Å². The Bertz CT molecular complexity index is 578. The minimum atomic E-state index is -5.78. The molecule has 0 unspecified atom stereocenters. The Morgan fingerprint density at radius 1 is 0.909 bits per heavy atom. The molecule has 0 fully saturated rings. The van der Waals surface area contributed by atoms with Crippen LogP contribution in [0, 0.1) is 0 Å². The summed E-state index contributed by atoms with van der Waals surface area (Å²) in [5.74, 6) is -4.65. The Morgan fingerprint density at radius 3 is 1.73 bits per heavy atom. The molecule has 0 saturated carbocycles. The summed E-state index contributed by atoms with van der Waals surface area (Å²) in [5.41, 5.74) is -1.82. The van der Waals surface area contributed by atoms with E-state index in [4.69, 9.17) is 10.2 Å². The van der Waals surface area contributed by atoms with Crippen LogP contribution < -0.4 is 4.74 Å². The fraction of sp³-hybridized carbons (Fsp3) is 0.273. The normalized spacial score (nSPS) is 12.3. The topological polar surface area (TPSA) is 83.8 Å². The molecule has 2 N–H and O–H groups in total. The molecule has 0 aromatic heterocycles. The quantitative estimate of drug-likeness (QED) is 0.828. The van der Waals surface area contributed by atoms with Crippen LogP contribution in [0.2, 0.25) is 0 Å². The number of carboxylic acid groups (broad SMARTS) is 2. The van der Waals surface area contributed by atoms with Crippen molar-refractivity contribution in [2.45, 2.75) is 18.5 Å². The van der Waals surface area contributed by atoms with Gasteiger partial charge in [0.1, 0.15) is 5.75 Å². The lowest BCUT2D eigenvalue weighted by molar-refractivity contribution is -0.299. The van der Waals surface area contributed by atoms with Crippen LogP contribution in [0.3, 0.4) is 0 Å². The zero-order valence-electron chi connectivity index (χ0n) is 10.2. The molecule has 0 amide bonds. The summed E-state index contributed by atoms with van der Waals surface area (Å²) in [7, 11) is 0. The van der Waals surface area contributed by atoms with Gasteiger partial charge in [-0.2, -0.15) is 26.3 Å². The van der Waals surface area contributed by atoms with Crippen molar-refractivity contribution >= 4 is 11.9 Å². The lowest BCUT2D eigenvalue weighted by Gasteiger charge is -2.24. The number of hydrogen-bond acceptors (Lipinski definition) is 3. The first-order valence-electron chi connectivity index (χ1n) is 5.24. The van der Waals surface area contributed by atoms with E-state index in [1.807, 2.05) is 0 Å². The Hall–Kier alpha value is -2.46. The maximum atomic E-state index is 12.3. The van der Waals surface area contributed by atoms with Gasteiger partial charge in [-0.1, -0.05) is 0 Å². The van der Waals surface area contributed by atoms with Crippen LogP contribution in [0.25, 0.3) is 0 Å². The average Bonchev–Trinajstić information content (AvgIpc) is 2.32. The molecule has 0 atom stereocenters. The van der Waals surface area contributed by atoms with Crippen LogP contribution in [-0.4, -0.2) is 40.6 Å². The SMILES string of the molecule is O=C(O)c1ccc(OC(C(F)(F)F)C(F)(F)F)cc1C(=O)O. The van der Waals surface area contributed by atoms with Gasteiger partial charge in [-0.3, -0.25) is 0 Å². The molecule has 22 heavy (non-hydrogen) atoms. The molecule has 1 rings (SSSR count). The largest absolute Gasteiger partial charge is 0.478 e. The van der Waals surface area contributed by atoms with Gasteiger partial charge < -0.3 is 14.9 Å². The summed E-state index contributed by atoms with van der Waals surface area (Å²) in [5, 5.41) is 17.4. The van der Waals surface area contributed by atoms with Crippen molar-refractivity contribution in [3.63, 3.8) is 0 Å². The monoisotopic (exact) mass is 332 g/mol. The smallest absolute Gasteiger partial charge is 0.434 e. The number of halogens is 6. The summed E-state index contributed by atoms with van der Waals surface area (Å²) in [6, 6.07) is 1.31. The first-order valence-corrected chi connectivity index (χ1v) is 5.24. The standard InChI is InChI=1S/C11H6F6O5/c12-10(13,14)9(11(15,16)17)22-4-1-2-5(7(18)19)6(3-4)8(20)21/h1-3,9H,(H,18,19)(H,20,21). The predicted molar refractivity (Wildman–Crippen MR) is 56.9 cm³/mol. The minimum Gasteiger partial charge on any atom is -0.478 e. The second-order valence-electron chi connectivity index (χ2n) is 3.90. The van der Waals surface area contributed by atoms with Crippen molar-refractivity contribution in [2.75, 3.05) is 0 Å². The highest BCUT2D eigenvalue weighted by Gasteiger charge is 2.59. The van der Waals surface area contributed by atoms with E-state index in [1.54, 1.807) is 0 Å². The second kappa shape index (κ2) is 5.73. The molecule has 5 nitrogen and oxygen atoms in total. The minimum absolute atomic E-state index is 0.274. The molecule has 0 spiro atoms. The van der Waals surface area contributed by atoms with Gasteiger partial charge in [-0.05, 0) is 18.2 Å². The van der Waals surface area contributed by atoms with Crippen molar-refractivity contribution in [2.24, 2.45) is 0 Å². The molecule has 0 bridgehead atoms. The number of aromatic carboxylic acids is 2. The van der Waals surface area contributed by atoms with Crippen molar-refractivity contribution in [3.8, 4) is 5.75 Å². The Balaban J connectivity index is 3.25. The molecule has 11 heteroatoms. The molecular weight excluding hydrogens is 326 g/mol. The lowest BCUT2D eigenvalue weighted by Crippen LogP contribution is -2.46. The molecule has 122 valence electrons. The Labute approximate surface area is 117 Å². The highest BCUT2D eigenvalue weighted by Crippen LogP contribution is 2.36. The molecular formula is C11H6F6O5. The predicted octanol–water partition coefficient (Wildman–Crippen LogP) is 2.96. The molecule has 0 radical (unpaired) electrons. The van der Waals surface area contributed by atoms with Gasteiger partial charge in [0.25, 0.3) is 6.10 Å². The van der Waals surface area contributed by atoms with E-state index in [0.717, 1.165) is 0 Å². The number of hydrogen-bond donors (Lipinski definition) is 2. The fourth-order valence-corrected chi connectivity index (χ4v) is 1.42. The first kappa shape index (κ1) is 17.6. The number of ether oxygens (including phenoxy) is 1. The van der Waals surface area contributed by atoms with Crippen molar-refractivity contribution in [1.29, 1.82) is 0 Å². The van der Waals surface area contributed by atoms with E-state index in [9.17, 15) is 35.9 Å². The number of benzene rings is 1. The number of rotatable bonds is 4. The third-order valence-corrected chi connectivity index (χ3v) is 2.30. The first-order chi connectivity index (χ1) is 9.84. The van der Waals surface area contributed by atoms with E-state index in [2.05, 4.69) is 4.74 Å². The Kier molecular flexibility index (Phi) is 4.58. The highest BCUT2D eigenvalue weighted by atomic mass is 19.4. The van der Waals surface area contributed by atoms with Crippen LogP contribution in [0.5, 0.6) is 5.75 Å². The average molecular weight is 332 g/mol. The van der Waals surface area contributed by atoms with Crippen molar-refractivity contribution in [1.82, 2.24) is 0 Å². The molecule has 0 aliphatic heterocycles. The maximum absolute atomic E-state index is 12.3. The molecule has 0 aliphatic rings. The van der Waals surface area contributed by atoms with Crippen LogP contribution in [-0.2, 0) is 0 Å². The van der Waals surface area contributed by atoms with E-state index in [-0.39, 0.29) is 6.07 Å². The molecule has 0 heterocycles. The third-order valence-electron chi connectivity index (χ3n) is 2.30. The maximum Gasteiger partial charge on any atom is 0.434 e. The second-order valence-corrected chi connectivity index (χ2v) is 3.90. The summed E-state index contributed by atoms with van der Waals surface area (Å²) in [6.45, 7) is 0. The van der Waals surface area contributed by atoms with Gasteiger partial charge in [0.2, 0.25) is 0 Å². The van der Waals surface area contributed by atoms with Gasteiger partial charge in [0.15, 0.2) is 0 Å². The third kappa shape index (κ3) is 4.02. The van der Waals surface area contributed by atoms with Crippen molar-refractivity contribution < 1.29 is 50.9 Å². The van der Waals surface area contributed by atoms with Gasteiger partial charge >= 0.3 is 24.3 Å². The zero-order valence-corrected chi connectivity index (χ0v) is 10.2. The van der Waals surface area contributed by atoms with Crippen LogP contribution in [0.15, 0.2) is 18.2 Å². The van der Waals surface area contributed by atoms with Crippen LogP contribution in [0.1, 0.15) is 20.7 Å².